The Kier molecular flexibility index (Phi) is 5.34. The number of ether oxygens (including phenoxy) is 1. The Hall–Kier alpha value is -3.12. The zero-order valence-electron chi connectivity index (χ0n) is 14.3. The van der Waals surface area contributed by atoms with E-state index in [0.29, 0.717) is 22.0 Å². The molecule has 0 radical (unpaired) electrons. The highest BCUT2D eigenvalue weighted by Gasteiger charge is 2.12. The summed E-state index contributed by atoms with van der Waals surface area (Å²) in [5.74, 6) is 0.355. The first-order valence-electron chi connectivity index (χ1n) is 7.88. The molecule has 0 unspecified atom stereocenters. The van der Waals surface area contributed by atoms with Crippen molar-refractivity contribution in [1.29, 1.82) is 0 Å². The molecule has 0 fully saturated rings. The van der Waals surface area contributed by atoms with Crippen LogP contribution in [0, 0.1) is 6.92 Å². The summed E-state index contributed by atoms with van der Waals surface area (Å²) in [6.45, 7) is 1.89. The van der Waals surface area contributed by atoms with Gasteiger partial charge in [0.25, 0.3) is 5.91 Å². The van der Waals surface area contributed by atoms with Gasteiger partial charge in [0.2, 0.25) is 0 Å². The Bertz CT molecular complexity index is 934. The fraction of sp³-hybridized carbons (Fsp3) is 0.105. The van der Waals surface area contributed by atoms with Crippen molar-refractivity contribution in [3.05, 3.63) is 76.6 Å². The second-order valence-electron chi connectivity index (χ2n) is 5.46. The number of hydrogen-bond donors (Lipinski definition) is 1. The molecule has 0 saturated heterocycles. The van der Waals surface area contributed by atoms with Gasteiger partial charge in [-0.25, -0.2) is 10.1 Å². The van der Waals surface area contributed by atoms with E-state index in [0.717, 1.165) is 11.4 Å². The van der Waals surface area contributed by atoms with Crippen LogP contribution in [0.25, 0.3) is 5.69 Å². The first-order valence-corrected chi connectivity index (χ1v) is 8.26. The average Bonchev–Trinajstić information content (AvgIpc) is 2.97. The first-order chi connectivity index (χ1) is 12.6. The van der Waals surface area contributed by atoms with Crippen LogP contribution in [0.3, 0.4) is 0 Å². The molecule has 0 saturated carbocycles. The average molecular weight is 369 g/mol. The lowest BCUT2D eigenvalue weighted by Crippen LogP contribution is -2.17. The van der Waals surface area contributed by atoms with Gasteiger partial charge in [-0.3, -0.25) is 4.79 Å². The zero-order chi connectivity index (χ0) is 18.5. The Morgan fingerprint density at radius 1 is 1.19 bits per heavy atom. The Balaban J connectivity index is 1.74. The number of para-hydroxylation sites is 1. The third-order valence-electron chi connectivity index (χ3n) is 3.83. The van der Waals surface area contributed by atoms with Crippen LogP contribution in [-0.4, -0.2) is 29.0 Å². The lowest BCUT2D eigenvalue weighted by molar-refractivity contribution is 0.0955. The standard InChI is InChI=1S/C19H17ClN4O2/c1-13-17(18(20)23-24(13)15-6-4-3-5-7-15)12-21-22-19(25)14-8-10-16(26-2)11-9-14/h3-12H,1-2H3,(H,22,25)/b21-12-. The van der Waals surface area contributed by atoms with Crippen molar-refractivity contribution in [2.24, 2.45) is 5.10 Å². The molecule has 3 rings (SSSR count). The largest absolute Gasteiger partial charge is 0.497 e. The van der Waals surface area contributed by atoms with Gasteiger partial charge in [-0.2, -0.15) is 10.2 Å². The lowest BCUT2D eigenvalue weighted by atomic mass is 10.2. The monoisotopic (exact) mass is 368 g/mol. The number of methoxy groups -OCH3 is 1. The summed E-state index contributed by atoms with van der Waals surface area (Å²) < 4.78 is 6.80. The molecule has 7 heteroatoms. The van der Waals surface area contributed by atoms with E-state index in [1.165, 1.54) is 6.21 Å². The predicted octanol–water partition coefficient (Wildman–Crippen LogP) is 3.61. The topological polar surface area (TPSA) is 68.5 Å². The maximum Gasteiger partial charge on any atom is 0.271 e. The molecule has 26 heavy (non-hydrogen) atoms. The summed E-state index contributed by atoms with van der Waals surface area (Å²) in [6.07, 6.45) is 1.49. The van der Waals surface area contributed by atoms with Gasteiger partial charge in [-0.15, -0.1) is 0 Å². The summed E-state index contributed by atoms with van der Waals surface area (Å²) in [7, 11) is 1.57. The van der Waals surface area contributed by atoms with Crippen molar-refractivity contribution in [3.63, 3.8) is 0 Å². The van der Waals surface area contributed by atoms with Crippen molar-refractivity contribution in [2.75, 3.05) is 7.11 Å². The molecule has 1 aromatic heterocycles. The van der Waals surface area contributed by atoms with E-state index in [1.54, 1.807) is 36.1 Å². The fourth-order valence-corrected chi connectivity index (χ4v) is 2.67. The minimum Gasteiger partial charge on any atom is -0.497 e. The number of carbonyl (C=O) groups is 1. The maximum absolute atomic E-state index is 12.1. The molecule has 1 amide bonds. The molecule has 3 aromatic rings. The summed E-state index contributed by atoms with van der Waals surface area (Å²) in [6, 6.07) is 16.4. The van der Waals surface area contributed by atoms with Crippen LogP contribution in [0.4, 0.5) is 0 Å². The highest BCUT2D eigenvalue weighted by molar-refractivity contribution is 6.32. The number of hydrazone groups is 1. The smallest absolute Gasteiger partial charge is 0.271 e. The van der Waals surface area contributed by atoms with Gasteiger partial charge in [0.05, 0.1) is 30.3 Å². The molecular weight excluding hydrogens is 352 g/mol. The maximum atomic E-state index is 12.1. The normalized spacial score (nSPS) is 10.9. The molecule has 6 nitrogen and oxygen atoms in total. The highest BCUT2D eigenvalue weighted by atomic mass is 35.5. The quantitative estimate of drug-likeness (QED) is 0.552. The SMILES string of the molecule is COc1ccc(C(=O)N/N=C\c2c(Cl)nn(-c3ccccc3)c2C)cc1. The molecule has 0 bridgehead atoms. The van der Waals surface area contributed by atoms with Gasteiger partial charge >= 0.3 is 0 Å². The van der Waals surface area contributed by atoms with Gasteiger partial charge in [0.15, 0.2) is 5.15 Å². The van der Waals surface area contributed by atoms with Crippen molar-refractivity contribution < 1.29 is 9.53 Å². The summed E-state index contributed by atoms with van der Waals surface area (Å²) in [5.41, 5.74) is 5.32. The van der Waals surface area contributed by atoms with Crippen molar-refractivity contribution in [2.45, 2.75) is 6.92 Å². The van der Waals surface area contributed by atoms with Crippen LogP contribution in [0.2, 0.25) is 5.15 Å². The van der Waals surface area contributed by atoms with Crippen molar-refractivity contribution in [3.8, 4) is 11.4 Å². The summed E-state index contributed by atoms with van der Waals surface area (Å²) in [4.78, 5) is 12.1. The summed E-state index contributed by atoms with van der Waals surface area (Å²) in [5, 5.41) is 8.63. The van der Waals surface area contributed by atoms with E-state index in [9.17, 15) is 4.79 Å². The van der Waals surface area contributed by atoms with Gasteiger partial charge in [-0.05, 0) is 43.3 Å². The molecular formula is C19H17ClN4O2. The van der Waals surface area contributed by atoms with Crippen LogP contribution in [0.1, 0.15) is 21.6 Å². The third-order valence-corrected chi connectivity index (χ3v) is 4.11. The van der Waals surface area contributed by atoms with Crippen LogP contribution in [0.15, 0.2) is 59.7 Å². The van der Waals surface area contributed by atoms with Gasteiger partial charge in [0, 0.05) is 5.56 Å². The Morgan fingerprint density at radius 2 is 1.88 bits per heavy atom. The molecule has 0 aliphatic carbocycles. The number of hydrogen-bond acceptors (Lipinski definition) is 4. The van der Waals surface area contributed by atoms with Gasteiger partial charge < -0.3 is 4.74 Å². The lowest BCUT2D eigenvalue weighted by Gasteiger charge is -2.03. The molecule has 132 valence electrons. The molecule has 0 spiro atoms. The number of nitrogens with zero attached hydrogens (tertiary/aromatic N) is 3. The second kappa shape index (κ2) is 7.84. The molecule has 2 aromatic carbocycles. The molecule has 0 atom stereocenters. The molecule has 0 aliphatic rings. The van der Waals surface area contributed by atoms with E-state index < -0.39 is 0 Å². The number of nitrogens with one attached hydrogen (secondary N) is 1. The predicted molar refractivity (Wildman–Crippen MR) is 101 cm³/mol. The second-order valence-corrected chi connectivity index (χ2v) is 5.82. The molecule has 1 heterocycles. The van der Waals surface area contributed by atoms with Gasteiger partial charge in [0.1, 0.15) is 5.75 Å². The minimum atomic E-state index is -0.326. The van der Waals surface area contributed by atoms with E-state index in [4.69, 9.17) is 16.3 Å². The third kappa shape index (κ3) is 3.75. The molecule has 1 N–H and O–H groups in total. The number of carbonyl (C=O) groups excluding carboxylic acids is 1. The highest BCUT2D eigenvalue weighted by Crippen LogP contribution is 2.20. The summed E-state index contributed by atoms with van der Waals surface area (Å²) >= 11 is 6.22. The number of amides is 1. The van der Waals surface area contributed by atoms with E-state index >= 15 is 0 Å². The number of benzene rings is 2. The van der Waals surface area contributed by atoms with Crippen LogP contribution >= 0.6 is 11.6 Å². The number of rotatable bonds is 5. The zero-order valence-corrected chi connectivity index (χ0v) is 15.1. The van der Waals surface area contributed by atoms with Crippen LogP contribution in [0.5, 0.6) is 5.75 Å². The fourth-order valence-electron chi connectivity index (χ4n) is 2.41. The van der Waals surface area contributed by atoms with Crippen LogP contribution in [-0.2, 0) is 0 Å². The van der Waals surface area contributed by atoms with E-state index in [1.807, 2.05) is 37.3 Å². The number of aromatic nitrogens is 2. The Morgan fingerprint density at radius 3 is 2.54 bits per heavy atom. The van der Waals surface area contributed by atoms with Gasteiger partial charge in [-0.1, -0.05) is 29.8 Å². The van der Waals surface area contributed by atoms with Crippen molar-refractivity contribution in [1.82, 2.24) is 15.2 Å². The van der Waals surface area contributed by atoms with E-state index in [-0.39, 0.29) is 5.91 Å². The minimum absolute atomic E-state index is 0.314. The van der Waals surface area contributed by atoms with E-state index in [2.05, 4.69) is 15.6 Å². The Labute approximate surface area is 156 Å². The van der Waals surface area contributed by atoms with Crippen LogP contribution < -0.4 is 10.2 Å². The first kappa shape index (κ1) is 17.7. The molecule has 0 aliphatic heterocycles. The number of halogens is 1. The van der Waals surface area contributed by atoms with Crippen molar-refractivity contribution >= 4 is 23.7 Å².